The summed E-state index contributed by atoms with van der Waals surface area (Å²) in [4.78, 5) is 0. The average Bonchev–Trinajstić information content (AvgIpc) is 2.19. The van der Waals surface area contributed by atoms with Crippen molar-refractivity contribution in [3.8, 4) is 0 Å². The second-order valence-electron chi connectivity index (χ2n) is 2.00. The maximum absolute atomic E-state index is 5.37. The Kier molecular flexibility index (Phi) is 1.05. The lowest BCUT2D eigenvalue weighted by atomic mass is 10.4. The first kappa shape index (κ1) is 4.45. The van der Waals surface area contributed by atoms with Crippen LogP contribution in [-0.4, -0.2) is 0 Å². The van der Waals surface area contributed by atoms with Crippen molar-refractivity contribution >= 4 is 11.6 Å². The predicted molar refractivity (Wildman–Crippen MR) is 27.4 cm³/mol. The van der Waals surface area contributed by atoms with Gasteiger partial charge in [-0.25, -0.2) is 0 Å². The van der Waals surface area contributed by atoms with Crippen molar-refractivity contribution in [1.29, 1.82) is 0 Å². The SMILES string of the molecule is CC1CC1[CH]Cl. The van der Waals surface area contributed by atoms with Crippen LogP contribution in [0.4, 0.5) is 0 Å². The number of halogens is 1. The van der Waals surface area contributed by atoms with Crippen LogP contribution in [0, 0.1) is 17.7 Å². The van der Waals surface area contributed by atoms with Crippen molar-refractivity contribution in [3.63, 3.8) is 0 Å². The standard InChI is InChI=1S/C5H8Cl/c1-4-2-5(4)3-6/h3-5H,2H2,1H3. The van der Waals surface area contributed by atoms with Gasteiger partial charge < -0.3 is 0 Å². The Hall–Kier alpha value is 0.290. The summed E-state index contributed by atoms with van der Waals surface area (Å²) in [7, 11) is 0. The summed E-state index contributed by atoms with van der Waals surface area (Å²) in [5.74, 6) is 3.39. The van der Waals surface area contributed by atoms with Gasteiger partial charge in [0.25, 0.3) is 0 Å². The molecule has 0 amide bonds. The summed E-state index contributed by atoms with van der Waals surface area (Å²) >= 11 is 5.37. The largest absolute Gasteiger partial charge is 0.121 e. The van der Waals surface area contributed by atoms with Crippen LogP contribution in [0.25, 0.3) is 0 Å². The third-order valence-corrected chi connectivity index (χ3v) is 1.66. The molecule has 0 nitrogen and oxygen atoms in total. The number of hydrogen-bond acceptors (Lipinski definition) is 0. The lowest BCUT2D eigenvalue weighted by Crippen LogP contribution is -1.67. The molecule has 1 rings (SSSR count). The molecular formula is C5H8Cl. The van der Waals surface area contributed by atoms with Gasteiger partial charge in [-0.05, 0) is 18.3 Å². The van der Waals surface area contributed by atoms with Gasteiger partial charge in [0.15, 0.2) is 0 Å². The van der Waals surface area contributed by atoms with E-state index < -0.39 is 0 Å². The number of hydrogen-bond donors (Lipinski definition) is 0. The molecule has 0 spiro atoms. The third-order valence-electron chi connectivity index (χ3n) is 1.33. The van der Waals surface area contributed by atoms with Crippen LogP contribution >= 0.6 is 11.6 Å². The van der Waals surface area contributed by atoms with Crippen molar-refractivity contribution in [2.24, 2.45) is 11.8 Å². The molecule has 0 saturated heterocycles. The van der Waals surface area contributed by atoms with Gasteiger partial charge in [-0.3, -0.25) is 0 Å². The van der Waals surface area contributed by atoms with Crippen LogP contribution in [0.15, 0.2) is 0 Å². The smallest absolute Gasteiger partial charge is 0.0533 e. The Bertz CT molecular complexity index is 49.9. The Balaban J connectivity index is 2.09. The molecule has 0 aromatic heterocycles. The van der Waals surface area contributed by atoms with E-state index in [1.54, 1.807) is 5.88 Å². The van der Waals surface area contributed by atoms with Crippen LogP contribution in [0.2, 0.25) is 0 Å². The lowest BCUT2D eigenvalue weighted by Gasteiger charge is -1.76. The van der Waals surface area contributed by atoms with Gasteiger partial charge >= 0.3 is 0 Å². The molecule has 0 aromatic carbocycles. The van der Waals surface area contributed by atoms with Gasteiger partial charge in [-0.1, -0.05) is 6.92 Å². The Morgan fingerprint density at radius 2 is 2.33 bits per heavy atom. The highest BCUT2D eigenvalue weighted by Crippen LogP contribution is 2.40. The van der Waals surface area contributed by atoms with E-state index in [4.69, 9.17) is 11.6 Å². The molecule has 0 aliphatic heterocycles. The summed E-state index contributed by atoms with van der Waals surface area (Å²) in [6.07, 6.45) is 1.31. The topological polar surface area (TPSA) is 0 Å². The second kappa shape index (κ2) is 1.42. The Morgan fingerprint density at radius 1 is 1.83 bits per heavy atom. The zero-order valence-corrected chi connectivity index (χ0v) is 4.57. The first-order valence-corrected chi connectivity index (χ1v) is 2.72. The molecule has 0 N–H and O–H groups in total. The van der Waals surface area contributed by atoms with Crippen molar-refractivity contribution in [1.82, 2.24) is 0 Å². The molecule has 35 valence electrons. The van der Waals surface area contributed by atoms with Gasteiger partial charge in [0, 0.05) is 0 Å². The van der Waals surface area contributed by atoms with E-state index in [-0.39, 0.29) is 0 Å². The monoisotopic (exact) mass is 103 g/mol. The third kappa shape index (κ3) is 0.676. The highest BCUT2D eigenvalue weighted by molar-refractivity contribution is 6.23. The van der Waals surface area contributed by atoms with Gasteiger partial charge in [0.1, 0.15) is 0 Å². The van der Waals surface area contributed by atoms with Crippen LogP contribution in [0.5, 0.6) is 0 Å². The van der Waals surface area contributed by atoms with Gasteiger partial charge in [0.05, 0.1) is 5.88 Å². The van der Waals surface area contributed by atoms with Crippen LogP contribution < -0.4 is 0 Å². The first-order valence-electron chi connectivity index (χ1n) is 2.28. The second-order valence-corrected chi connectivity index (χ2v) is 2.25. The summed E-state index contributed by atoms with van der Waals surface area (Å²) in [6, 6.07) is 0. The highest BCUT2D eigenvalue weighted by atomic mass is 35.5. The predicted octanol–water partition coefficient (Wildman–Crippen LogP) is 2.04. The zero-order valence-electron chi connectivity index (χ0n) is 3.82. The molecule has 1 aliphatic carbocycles. The molecule has 1 fully saturated rings. The van der Waals surface area contributed by atoms with Crippen molar-refractivity contribution < 1.29 is 0 Å². The fourth-order valence-corrected chi connectivity index (χ4v) is 0.878. The van der Waals surface area contributed by atoms with Crippen molar-refractivity contribution in [2.75, 3.05) is 0 Å². The maximum atomic E-state index is 5.37. The van der Waals surface area contributed by atoms with E-state index in [0.29, 0.717) is 0 Å². The van der Waals surface area contributed by atoms with Gasteiger partial charge in [0.2, 0.25) is 0 Å². The van der Waals surface area contributed by atoms with Gasteiger partial charge in [-0.15, -0.1) is 11.6 Å². The Labute approximate surface area is 43.5 Å². The van der Waals surface area contributed by atoms with E-state index in [1.165, 1.54) is 6.42 Å². The fourth-order valence-electron chi connectivity index (χ4n) is 0.526. The quantitative estimate of drug-likeness (QED) is 0.477. The summed E-state index contributed by atoms with van der Waals surface area (Å²) in [6.45, 7) is 2.21. The molecule has 0 bridgehead atoms. The van der Waals surface area contributed by atoms with E-state index >= 15 is 0 Å². The van der Waals surface area contributed by atoms with Crippen LogP contribution in [-0.2, 0) is 0 Å². The molecule has 0 heterocycles. The van der Waals surface area contributed by atoms with Crippen molar-refractivity contribution in [3.05, 3.63) is 5.88 Å². The summed E-state index contributed by atoms with van der Waals surface area (Å²) < 4.78 is 0. The van der Waals surface area contributed by atoms with E-state index in [0.717, 1.165) is 11.8 Å². The average molecular weight is 104 g/mol. The zero-order chi connectivity index (χ0) is 4.57. The summed E-state index contributed by atoms with van der Waals surface area (Å²) in [5.41, 5.74) is 0. The molecule has 0 aromatic rings. The van der Waals surface area contributed by atoms with Crippen LogP contribution in [0.1, 0.15) is 13.3 Å². The molecule has 1 radical (unpaired) electrons. The molecule has 1 aliphatic rings. The molecular weight excluding hydrogens is 95.5 g/mol. The van der Waals surface area contributed by atoms with E-state index in [9.17, 15) is 0 Å². The normalized spacial score (nSPS) is 43.0. The lowest BCUT2D eigenvalue weighted by molar-refractivity contribution is 0.885. The van der Waals surface area contributed by atoms with E-state index in [2.05, 4.69) is 6.92 Å². The summed E-state index contributed by atoms with van der Waals surface area (Å²) in [5, 5.41) is 0. The Morgan fingerprint density at radius 3 is 2.33 bits per heavy atom. The maximum Gasteiger partial charge on any atom is 0.0533 e. The fraction of sp³-hybridized carbons (Fsp3) is 0.800. The minimum Gasteiger partial charge on any atom is -0.121 e. The molecule has 6 heavy (non-hydrogen) atoms. The first-order chi connectivity index (χ1) is 2.84. The number of rotatable bonds is 1. The molecule has 2 unspecified atom stereocenters. The van der Waals surface area contributed by atoms with E-state index in [1.807, 2.05) is 0 Å². The highest BCUT2D eigenvalue weighted by Gasteiger charge is 2.31. The molecule has 2 atom stereocenters. The van der Waals surface area contributed by atoms with Crippen LogP contribution in [0.3, 0.4) is 0 Å². The minimum atomic E-state index is 0.742. The van der Waals surface area contributed by atoms with Gasteiger partial charge in [-0.2, -0.15) is 0 Å². The van der Waals surface area contributed by atoms with Crippen molar-refractivity contribution in [2.45, 2.75) is 13.3 Å². The minimum absolute atomic E-state index is 0.742. The molecule has 1 saturated carbocycles. The molecule has 1 heteroatoms.